The number of aromatic carboxylic acids is 1. The van der Waals surface area contributed by atoms with E-state index in [4.69, 9.17) is 5.11 Å². The van der Waals surface area contributed by atoms with Crippen molar-refractivity contribution in [2.75, 3.05) is 5.32 Å². The predicted octanol–water partition coefficient (Wildman–Crippen LogP) is 3.44. The monoisotopic (exact) mass is 283 g/mol. The molecule has 0 bridgehead atoms. The summed E-state index contributed by atoms with van der Waals surface area (Å²) in [5, 5.41) is 11.8. The molecule has 21 heavy (non-hydrogen) atoms. The molecule has 4 nitrogen and oxygen atoms in total. The lowest BCUT2D eigenvalue weighted by Gasteiger charge is -2.14. The number of carbonyl (C=O) groups is 2. The van der Waals surface area contributed by atoms with Gasteiger partial charge >= 0.3 is 5.97 Å². The summed E-state index contributed by atoms with van der Waals surface area (Å²) >= 11 is 0. The molecule has 108 valence electrons. The number of carbonyl (C=O) groups excluding carboxylic acids is 1. The van der Waals surface area contributed by atoms with Gasteiger partial charge in [-0.2, -0.15) is 0 Å². The van der Waals surface area contributed by atoms with Crippen molar-refractivity contribution in [3.05, 3.63) is 65.2 Å². The van der Waals surface area contributed by atoms with Crippen LogP contribution in [0.4, 0.5) is 5.69 Å². The van der Waals surface area contributed by atoms with E-state index in [1.807, 2.05) is 44.2 Å². The van der Waals surface area contributed by atoms with Crippen LogP contribution in [0.5, 0.6) is 0 Å². The summed E-state index contributed by atoms with van der Waals surface area (Å²) in [7, 11) is 0. The van der Waals surface area contributed by atoms with Gasteiger partial charge in [-0.15, -0.1) is 0 Å². The Morgan fingerprint density at radius 3 is 2.38 bits per heavy atom. The van der Waals surface area contributed by atoms with Crippen LogP contribution in [0.1, 0.15) is 34.3 Å². The van der Waals surface area contributed by atoms with E-state index in [0.29, 0.717) is 5.69 Å². The molecule has 0 fully saturated rings. The Kier molecular flexibility index (Phi) is 4.38. The number of anilines is 1. The van der Waals surface area contributed by atoms with Gasteiger partial charge in [0.25, 0.3) is 0 Å². The Balaban J connectivity index is 2.20. The molecule has 0 aliphatic carbocycles. The number of hydrogen-bond acceptors (Lipinski definition) is 2. The number of rotatable bonds is 4. The van der Waals surface area contributed by atoms with Crippen LogP contribution in [0, 0.1) is 6.92 Å². The largest absolute Gasteiger partial charge is 0.478 e. The number of benzene rings is 2. The number of carboxylic acid groups (broad SMARTS) is 1. The van der Waals surface area contributed by atoms with Crippen LogP contribution in [0.15, 0.2) is 48.5 Å². The van der Waals surface area contributed by atoms with E-state index in [0.717, 1.165) is 11.1 Å². The molecule has 2 aromatic rings. The summed E-state index contributed by atoms with van der Waals surface area (Å²) in [6, 6.07) is 14.1. The molecular formula is C17H17NO3. The summed E-state index contributed by atoms with van der Waals surface area (Å²) in [5.41, 5.74) is 2.43. The molecule has 0 aliphatic rings. The summed E-state index contributed by atoms with van der Waals surface area (Å²) in [6.07, 6.45) is 0. The van der Waals surface area contributed by atoms with Gasteiger partial charge in [-0.1, -0.05) is 36.4 Å². The summed E-state index contributed by atoms with van der Waals surface area (Å²) in [5.74, 6) is -1.48. The van der Waals surface area contributed by atoms with Crippen molar-refractivity contribution in [2.45, 2.75) is 19.8 Å². The van der Waals surface area contributed by atoms with E-state index < -0.39 is 5.97 Å². The Labute approximate surface area is 123 Å². The van der Waals surface area contributed by atoms with Crippen molar-refractivity contribution >= 4 is 17.6 Å². The summed E-state index contributed by atoms with van der Waals surface area (Å²) in [4.78, 5) is 23.3. The third-order valence-corrected chi connectivity index (χ3v) is 3.44. The first-order chi connectivity index (χ1) is 9.99. The predicted molar refractivity (Wildman–Crippen MR) is 81.6 cm³/mol. The second kappa shape index (κ2) is 6.22. The van der Waals surface area contributed by atoms with E-state index in [1.165, 1.54) is 12.1 Å². The Morgan fingerprint density at radius 2 is 1.76 bits per heavy atom. The van der Waals surface area contributed by atoms with Gasteiger partial charge in [-0.25, -0.2) is 4.79 Å². The van der Waals surface area contributed by atoms with Gasteiger partial charge in [-0.05, 0) is 37.1 Å². The zero-order valence-corrected chi connectivity index (χ0v) is 12.0. The van der Waals surface area contributed by atoms with Crippen molar-refractivity contribution in [3.8, 4) is 0 Å². The normalized spacial score (nSPS) is 11.7. The second-order valence-electron chi connectivity index (χ2n) is 4.96. The molecule has 0 spiro atoms. The summed E-state index contributed by atoms with van der Waals surface area (Å²) in [6.45, 7) is 3.65. The molecule has 2 aromatic carbocycles. The van der Waals surface area contributed by atoms with Crippen molar-refractivity contribution in [3.63, 3.8) is 0 Å². The van der Waals surface area contributed by atoms with Gasteiger partial charge in [0.15, 0.2) is 0 Å². The number of amides is 1. The maximum atomic E-state index is 12.3. The fourth-order valence-corrected chi connectivity index (χ4v) is 2.02. The first kappa shape index (κ1) is 14.8. The standard InChI is InChI=1S/C17H17NO3/c1-11-8-9-14(17(20)21)10-15(11)18-16(19)12(2)13-6-4-3-5-7-13/h3-10,12H,1-2H3,(H,18,19)(H,20,21). The third kappa shape index (κ3) is 3.48. The number of nitrogens with one attached hydrogen (secondary N) is 1. The lowest BCUT2D eigenvalue weighted by Crippen LogP contribution is -2.19. The topological polar surface area (TPSA) is 66.4 Å². The highest BCUT2D eigenvalue weighted by Crippen LogP contribution is 2.21. The van der Waals surface area contributed by atoms with Gasteiger partial charge in [0.2, 0.25) is 5.91 Å². The maximum Gasteiger partial charge on any atom is 0.335 e. The molecule has 0 heterocycles. The zero-order chi connectivity index (χ0) is 15.4. The Hall–Kier alpha value is -2.62. The van der Waals surface area contributed by atoms with Crippen LogP contribution >= 0.6 is 0 Å². The lowest BCUT2D eigenvalue weighted by molar-refractivity contribution is -0.117. The van der Waals surface area contributed by atoms with E-state index in [-0.39, 0.29) is 17.4 Å². The minimum absolute atomic E-state index is 0.156. The van der Waals surface area contributed by atoms with Crippen LogP contribution in [-0.4, -0.2) is 17.0 Å². The van der Waals surface area contributed by atoms with Gasteiger partial charge in [0.1, 0.15) is 0 Å². The van der Waals surface area contributed by atoms with Crippen molar-refractivity contribution in [1.82, 2.24) is 0 Å². The molecule has 0 aliphatic heterocycles. The maximum absolute atomic E-state index is 12.3. The second-order valence-corrected chi connectivity index (χ2v) is 4.96. The first-order valence-corrected chi connectivity index (χ1v) is 6.69. The molecule has 4 heteroatoms. The van der Waals surface area contributed by atoms with E-state index in [1.54, 1.807) is 6.07 Å². The highest BCUT2D eigenvalue weighted by Gasteiger charge is 2.16. The molecule has 2 N–H and O–H groups in total. The average molecular weight is 283 g/mol. The molecule has 1 amide bonds. The van der Waals surface area contributed by atoms with Crippen LogP contribution in [0.3, 0.4) is 0 Å². The molecule has 0 aromatic heterocycles. The van der Waals surface area contributed by atoms with Gasteiger partial charge < -0.3 is 10.4 Å². The Bertz CT molecular complexity index is 665. The molecule has 0 saturated heterocycles. The van der Waals surface area contributed by atoms with Crippen molar-refractivity contribution in [1.29, 1.82) is 0 Å². The summed E-state index contributed by atoms with van der Waals surface area (Å²) < 4.78 is 0. The van der Waals surface area contributed by atoms with Crippen LogP contribution in [0.2, 0.25) is 0 Å². The van der Waals surface area contributed by atoms with E-state index in [9.17, 15) is 9.59 Å². The van der Waals surface area contributed by atoms with Gasteiger partial charge in [-0.3, -0.25) is 4.79 Å². The molecule has 1 unspecified atom stereocenters. The molecular weight excluding hydrogens is 266 g/mol. The van der Waals surface area contributed by atoms with Crippen LogP contribution in [-0.2, 0) is 4.79 Å². The number of hydrogen-bond donors (Lipinski definition) is 2. The van der Waals surface area contributed by atoms with Gasteiger partial charge in [0, 0.05) is 5.69 Å². The fourth-order valence-electron chi connectivity index (χ4n) is 2.02. The molecule has 2 rings (SSSR count). The first-order valence-electron chi connectivity index (χ1n) is 6.69. The average Bonchev–Trinajstić information content (AvgIpc) is 2.49. The fraction of sp³-hybridized carbons (Fsp3) is 0.176. The minimum atomic E-state index is -1.01. The number of carboxylic acids is 1. The smallest absolute Gasteiger partial charge is 0.335 e. The zero-order valence-electron chi connectivity index (χ0n) is 12.0. The molecule has 1 atom stereocenters. The Morgan fingerprint density at radius 1 is 1.10 bits per heavy atom. The third-order valence-electron chi connectivity index (χ3n) is 3.44. The van der Waals surface area contributed by atoms with Crippen LogP contribution in [0.25, 0.3) is 0 Å². The van der Waals surface area contributed by atoms with E-state index in [2.05, 4.69) is 5.32 Å². The number of aryl methyl sites for hydroxylation is 1. The quantitative estimate of drug-likeness (QED) is 0.903. The van der Waals surface area contributed by atoms with E-state index >= 15 is 0 Å². The molecule has 0 saturated carbocycles. The van der Waals surface area contributed by atoms with Crippen molar-refractivity contribution < 1.29 is 14.7 Å². The minimum Gasteiger partial charge on any atom is -0.478 e. The van der Waals surface area contributed by atoms with Crippen LogP contribution < -0.4 is 5.32 Å². The lowest BCUT2D eigenvalue weighted by atomic mass is 10.00. The molecule has 0 radical (unpaired) electrons. The SMILES string of the molecule is Cc1ccc(C(=O)O)cc1NC(=O)C(C)c1ccccc1. The highest BCUT2D eigenvalue weighted by atomic mass is 16.4. The highest BCUT2D eigenvalue weighted by molar-refractivity contribution is 5.97. The van der Waals surface area contributed by atoms with Crippen molar-refractivity contribution in [2.24, 2.45) is 0 Å². The van der Waals surface area contributed by atoms with Gasteiger partial charge in [0.05, 0.1) is 11.5 Å².